The number of nitrogens with one attached hydrogen (secondary N) is 1. The Morgan fingerprint density at radius 2 is 1.89 bits per heavy atom. The van der Waals surface area contributed by atoms with Crippen molar-refractivity contribution in [1.82, 2.24) is 0 Å². The van der Waals surface area contributed by atoms with Gasteiger partial charge in [-0.15, -0.1) is 0 Å². The van der Waals surface area contributed by atoms with Crippen LogP contribution < -0.4 is 5.32 Å². The summed E-state index contributed by atoms with van der Waals surface area (Å²) in [5, 5.41) is 3.76. The van der Waals surface area contributed by atoms with E-state index in [2.05, 4.69) is 37.2 Å². The van der Waals surface area contributed by atoms with Gasteiger partial charge in [0.15, 0.2) is 0 Å². The highest BCUT2D eigenvalue weighted by Gasteiger charge is 2.04. The van der Waals surface area contributed by atoms with Crippen LogP contribution in [0.4, 0.5) is 10.1 Å². The molecular weight excluding hydrogens is 384 g/mol. The third kappa shape index (κ3) is 3.46. The first-order valence-electron chi connectivity index (χ1n) is 5.19. The van der Waals surface area contributed by atoms with Gasteiger partial charge in [-0.1, -0.05) is 27.5 Å². The molecule has 0 aliphatic heterocycles. The van der Waals surface area contributed by atoms with Crippen LogP contribution in [-0.4, -0.2) is 0 Å². The summed E-state index contributed by atoms with van der Waals surface area (Å²) < 4.78 is 15.0. The van der Waals surface area contributed by atoms with Crippen molar-refractivity contribution in [2.24, 2.45) is 0 Å². The van der Waals surface area contributed by atoms with Crippen LogP contribution >= 0.6 is 43.5 Å². The second-order valence-electron chi connectivity index (χ2n) is 3.71. The van der Waals surface area contributed by atoms with Gasteiger partial charge < -0.3 is 5.32 Å². The molecule has 0 amide bonds. The van der Waals surface area contributed by atoms with Gasteiger partial charge >= 0.3 is 0 Å². The molecule has 18 heavy (non-hydrogen) atoms. The lowest BCUT2D eigenvalue weighted by molar-refractivity contribution is 0.626. The lowest BCUT2D eigenvalue weighted by atomic mass is 10.2. The zero-order chi connectivity index (χ0) is 13.1. The van der Waals surface area contributed by atoms with Gasteiger partial charge in [0.2, 0.25) is 0 Å². The number of rotatable bonds is 3. The number of anilines is 1. The molecule has 94 valence electrons. The van der Waals surface area contributed by atoms with Crippen LogP contribution in [0.15, 0.2) is 45.3 Å². The predicted octanol–water partition coefficient (Wildman–Crippen LogP) is 5.62. The Hall–Kier alpha value is -0.580. The van der Waals surface area contributed by atoms with Crippen molar-refractivity contribution in [2.75, 3.05) is 5.32 Å². The minimum absolute atomic E-state index is 0.287. The molecule has 0 aromatic heterocycles. The van der Waals surface area contributed by atoms with E-state index in [4.69, 9.17) is 11.6 Å². The summed E-state index contributed by atoms with van der Waals surface area (Å²) >= 11 is 12.9. The van der Waals surface area contributed by atoms with E-state index in [-0.39, 0.29) is 5.82 Å². The van der Waals surface area contributed by atoms with Gasteiger partial charge in [-0.2, -0.15) is 0 Å². The number of hydrogen-bond acceptors (Lipinski definition) is 1. The monoisotopic (exact) mass is 391 g/mol. The van der Waals surface area contributed by atoms with Crippen molar-refractivity contribution >= 4 is 49.1 Å². The lowest BCUT2D eigenvalue weighted by Crippen LogP contribution is -2.01. The van der Waals surface area contributed by atoms with Crippen LogP contribution in [0.1, 0.15) is 5.56 Å². The Balaban J connectivity index is 2.16. The maximum Gasteiger partial charge on any atom is 0.123 e. The van der Waals surface area contributed by atoms with Crippen LogP contribution in [0.5, 0.6) is 0 Å². The van der Waals surface area contributed by atoms with Gasteiger partial charge in [-0.05, 0) is 57.9 Å². The third-order valence-corrected chi connectivity index (χ3v) is 3.96. The van der Waals surface area contributed by atoms with Crippen LogP contribution in [0.3, 0.4) is 0 Å². The van der Waals surface area contributed by atoms with E-state index in [1.165, 1.54) is 12.1 Å². The molecule has 0 fully saturated rings. The molecule has 0 atom stereocenters. The molecule has 0 spiro atoms. The fraction of sp³-hybridized carbons (Fsp3) is 0.0769. The molecule has 0 heterocycles. The molecular formula is C13H9Br2ClFN. The van der Waals surface area contributed by atoms with E-state index >= 15 is 0 Å². The zero-order valence-electron chi connectivity index (χ0n) is 9.18. The summed E-state index contributed by atoms with van der Waals surface area (Å²) in [5.41, 5.74) is 1.65. The second-order valence-corrected chi connectivity index (χ2v) is 5.89. The third-order valence-electron chi connectivity index (χ3n) is 2.41. The molecule has 0 aliphatic rings. The van der Waals surface area contributed by atoms with E-state index in [1.807, 2.05) is 18.2 Å². The summed E-state index contributed by atoms with van der Waals surface area (Å²) in [6.07, 6.45) is 0. The highest BCUT2D eigenvalue weighted by atomic mass is 79.9. The van der Waals surface area contributed by atoms with Crippen molar-refractivity contribution < 1.29 is 4.39 Å². The average Bonchev–Trinajstić information content (AvgIpc) is 2.34. The molecule has 2 aromatic carbocycles. The fourth-order valence-corrected chi connectivity index (χ4v) is 2.43. The summed E-state index contributed by atoms with van der Waals surface area (Å²) in [5.74, 6) is -0.287. The topological polar surface area (TPSA) is 12.0 Å². The summed E-state index contributed by atoms with van der Waals surface area (Å²) in [6.45, 7) is 0.464. The minimum atomic E-state index is -0.287. The Morgan fingerprint density at radius 3 is 2.67 bits per heavy atom. The van der Waals surface area contributed by atoms with Crippen LogP contribution in [0.2, 0.25) is 5.02 Å². The lowest BCUT2D eigenvalue weighted by Gasteiger charge is -2.10. The van der Waals surface area contributed by atoms with Gasteiger partial charge in [0.05, 0.1) is 0 Å². The maximum absolute atomic E-state index is 13.1. The molecule has 2 rings (SSSR count). The normalized spacial score (nSPS) is 10.4. The number of halogens is 4. The molecule has 0 saturated heterocycles. The van der Waals surface area contributed by atoms with E-state index in [0.29, 0.717) is 11.6 Å². The van der Waals surface area contributed by atoms with Crippen LogP contribution in [-0.2, 0) is 6.54 Å². The van der Waals surface area contributed by atoms with Gasteiger partial charge in [-0.3, -0.25) is 0 Å². The zero-order valence-corrected chi connectivity index (χ0v) is 13.1. The van der Waals surface area contributed by atoms with Crippen molar-refractivity contribution in [3.05, 3.63) is 61.7 Å². The molecule has 1 nitrogen and oxygen atoms in total. The minimum Gasteiger partial charge on any atom is -0.380 e. The Bertz CT molecular complexity index is 523. The molecule has 0 saturated carbocycles. The van der Waals surface area contributed by atoms with Crippen molar-refractivity contribution in [2.45, 2.75) is 6.54 Å². The number of hydrogen-bond donors (Lipinski definition) is 1. The highest BCUT2D eigenvalue weighted by molar-refractivity contribution is 9.11. The van der Waals surface area contributed by atoms with Crippen LogP contribution in [0.25, 0.3) is 0 Å². The molecule has 0 aliphatic carbocycles. The predicted molar refractivity (Wildman–Crippen MR) is 80.6 cm³/mol. The van der Waals surface area contributed by atoms with Crippen LogP contribution in [0, 0.1) is 5.82 Å². The summed E-state index contributed by atoms with van der Waals surface area (Å²) in [6, 6.07) is 10.1. The Labute approximate surface area is 127 Å². The summed E-state index contributed by atoms with van der Waals surface area (Å²) in [7, 11) is 0. The Morgan fingerprint density at radius 1 is 1.11 bits per heavy atom. The van der Waals surface area contributed by atoms with E-state index < -0.39 is 0 Å². The molecule has 5 heteroatoms. The average molecular weight is 393 g/mol. The highest BCUT2D eigenvalue weighted by Crippen LogP contribution is 2.27. The first-order valence-corrected chi connectivity index (χ1v) is 7.15. The second kappa shape index (κ2) is 6.04. The Kier molecular flexibility index (Phi) is 4.65. The fourth-order valence-electron chi connectivity index (χ4n) is 1.50. The largest absolute Gasteiger partial charge is 0.380 e. The number of benzene rings is 2. The van der Waals surface area contributed by atoms with Gasteiger partial charge in [-0.25, -0.2) is 4.39 Å². The SMILES string of the molecule is Fc1ccc(Cl)c(CNc2cc(Br)ccc2Br)c1. The maximum atomic E-state index is 13.1. The van der Waals surface area contributed by atoms with E-state index in [1.54, 1.807) is 6.07 Å². The van der Waals surface area contributed by atoms with E-state index in [9.17, 15) is 4.39 Å². The van der Waals surface area contributed by atoms with Gasteiger partial charge in [0.1, 0.15) is 5.82 Å². The summed E-state index contributed by atoms with van der Waals surface area (Å²) in [4.78, 5) is 0. The van der Waals surface area contributed by atoms with Crippen molar-refractivity contribution in [3.8, 4) is 0 Å². The standard InChI is InChI=1S/C13H9Br2ClFN/c14-9-1-3-11(15)13(6-9)18-7-8-5-10(17)2-4-12(8)16/h1-6,18H,7H2. The quantitative estimate of drug-likeness (QED) is 0.714. The molecule has 0 unspecified atom stereocenters. The smallest absolute Gasteiger partial charge is 0.123 e. The van der Waals surface area contributed by atoms with Gasteiger partial charge in [0.25, 0.3) is 0 Å². The first kappa shape index (κ1) is 13.8. The molecule has 1 N–H and O–H groups in total. The van der Waals surface area contributed by atoms with E-state index in [0.717, 1.165) is 20.2 Å². The van der Waals surface area contributed by atoms with Crippen molar-refractivity contribution in [1.29, 1.82) is 0 Å². The van der Waals surface area contributed by atoms with Crippen molar-refractivity contribution in [3.63, 3.8) is 0 Å². The molecule has 0 bridgehead atoms. The van der Waals surface area contributed by atoms with Gasteiger partial charge in [0, 0.05) is 26.2 Å². The molecule has 0 radical (unpaired) electrons. The first-order chi connectivity index (χ1) is 8.56. The molecule has 2 aromatic rings.